The van der Waals surface area contributed by atoms with Crippen molar-refractivity contribution in [3.63, 3.8) is 0 Å². The lowest BCUT2D eigenvalue weighted by atomic mass is 10.4. The zero-order valence-corrected chi connectivity index (χ0v) is 9.48. The van der Waals surface area contributed by atoms with Crippen LogP contribution in [0.3, 0.4) is 0 Å². The van der Waals surface area contributed by atoms with Gasteiger partial charge in [0.15, 0.2) is 0 Å². The first-order valence-corrected chi connectivity index (χ1v) is 5.59. The van der Waals surface area contributed by atoms with Crippen LogP contribution in [0.2, 0.25) is 0 Å². The summed E-state index contributed by atoms with van der Waals surface area (Å²) < 4.78 is 2.18. The first kappa shape index (κ1) is 10.9. The third-order valence-electron chi connectivity index (χ3n) is 2.42. The van der Waals surface area contributed by atoms with E-state index in [0.29, 0.717) is 0 Å². The second-order valence-corrected chi connectivity index (χ2v) is 3.72. The molecule has 2 aromatic rings. The maximum absolute atomic E-state index is 4.33. The van der Waals surface area contributed by atoms with Gasteiger partial charge in [-0.2, -0.15) is 5.10 Å². The summed E-state index contributed by atoms with van der Waals surface area (Å²) in [5.74, 6) is 1.08. The molecular weight excluding hydrogens is 202 g/mol. The van der Waals surface area contributed by atoms with E-state index >= 15 is 0 Å². The number of rotatable bonds is 6. The zero-order valence-electron chi connectivity index (χ0n) is 9.48. The van der Waals surface area contributed by atoms with Gasteiger partial charge in [-0.1, -0.05) is 6.92 Å². The van der Waals surface area contributed by atoms with Gasteiger partial charge in [-0.05, 0) is 12.5 Å². The van der Waals surface area contributed by atoms with Crippen LogP contribution < -0.4 is 5.32 Å². The Hall–Kier alpha value is -1.62. The van der Waals surface area contributed by atoms with E-state index in [1.54, 1.807) is 6.20 Å². The van der Waals surface area contributed by atoms with Gasteiger partial charge in [0.25, 0.3) is 0 Å². The van der Waals surface area contributed by atoms with Crippen LogP contribution in [0.25, 0.3) is 0 Å². The Morgan fingerprint density at radius 1 is 1.38 bits per heavy atom. The number of aromatic nitrogens is 4. The molecule has 0 fully saturated rings. The minimum Gasteiger partial charge on any atom is -0.334 e. The molecule has 0 radical (unpaired) electrons. The summed E-state index contributed by atoms with van der Waals surface area (Å²) in [5.41, 5.74) is 1.09. The van der Waals surface area contributed by atoms with Crippen LogP contribution in [-0.2, 0) is 19.6 Å². The van der Waals surface area contributed by atoms with Crippen LogP contribution in [0.5, 0.6) is 0 Å². The van der Waals surface area contributed by atoms with Gasteiger partial charge >= 0.3 is 0 Å². The maximum atomic E-state index is 4.33. The number of hydrogen-bond donors (Lipinski definition) is 2. The second-order valence-electron chi connectivity index (χ2n) is 3.72. The average Bonchev–Trinajstić information content (AvgIpc) is 2.91. The van der Waals surface area contributed by atoms with Crippen LogP contribution in [-0.4, -0.2) is 19.7 Å². The fraction of sp³-hybridized carbons (Fsp3) is 0.455. The first-order valence-electron chi connectivity index (χ1n) is 5.59. The lowest BCUT2D eigenvalue weighted by Crippen LogP contribution is -2.16. The molecule has 86 valence electrons. The van der Waals surface area contributed by atoms with Gasteiger partial charge in [0.1, 0.15) is 5.82 Å². The van der Waals surface area contributed by atoms with Crippen LogP contribution in [0.1, 0.15) is 24.9 Å². The van der Waals surface area contributed by atoms with Crippen molar-refractivity contribution in [1.29, 1.82) is 0 Å². The third kappa shape index (κ3) is 2.70. The van der Waals surface area contributed by atoms with Crippen LogP contribution in [0, 0.1) is 0 Å². The van der Waals surface area contributed by atoms with E-state index in [1.807, 2.05) is 18.5 Å². The molecule has 2 aromatic heterocycles. The number of nitrogens with zero attached hydrogens (tertiary/aromatic N) is 3. The molecule has 0 saturated carbocycles. The molecule has 0 aliphatic carbocycles. The summed E-state index contributed by atoms with van der Waals surface area (Å²) >= 11 is 0. The molecule has 5 nitrogen and oxygen atoms in total. The van der Waals surface area contributed by atoms with Crippen LogP contribution >= 0.6 is 0 Å². The number of aryl methyl sites for hydroxylation is 1. The Balaban J connectivity index is 1.82. The minimum atomic E-state index is 0.784. The molecule has 2 rings (SSSR count). The van der Waals surface area contributed by atoms with Crippen LogP contribution in [0.15, 0.2) is 24.7 Å². The highest BCUT2D eigenvalue weighted by atomic mass is 15.1. The molecule has 0 atom stereocenters. The highest BCUT2D eigenvalue weighted by Gasteiger charge is 2.01. The summed E-state index contributed by atoms with van der Waals surface area (Å²) in [6, 6.07) is 1.96. The van der Waals surface area contributed by atoms with Crippen molar-refractivity contribution in [2.75, 3.05) is 0 Å². The van der Waals surface area contributed by atoms with Crippen molar-refractivity contribution in [2.45, 2.75) is 33.0 Å². The van der Waals surface area contributed by atoms with Crippen LogP contribution in [0.4, 0.5) is 0 Å². The summed E-state index contributed by atoms with van der Waals surface area (Å²) in [5, 5.41) is 10.2. The number of imidazole rings is 1. The van der Waals surface area contributed by atoms with Gasteiger partial charge < -0.3 is 9.88 Å². The van der Waals surface area contributed by atoms with Crippen molar-refractivity contribution in [3.8, 4) is 0 Å². The van der Waals surface area contributed by atoms with Crippen molar-refractivity contribution in [3.05, 3.63) is 36.2 Å². The lowest BCUT2D eigenvalue weighted by Gasteiger charge is -2.06. The predicted octanol–water partition coefficient (Wildman–Crippen LogP) is 1.31. The standard InChI is InChI=1S/C11H17N5/c1-2-6-16-7-5-13-11(16)9-12-8-10-3-4-14-15-10/h3-5,7,12H,2,6,8-9H2,1H3,(H,14,15). The Labute approximate surface area is 94.9 Å². The van der Waals surface area contributed by atoms with E-state index in [1.165, 1.54) is 0 Å². The molecule has 0 aliphatic rings. The molecule has 2 heterocycles. The molecule has 0 saturated heterocycles. The summed E-state index contributed by atoms with van der Waals surface area (Å²) in [6.07, 6.45) is 6.76. The quantitative estimate of drug-likeness (QED) is 0.770. The Morgan fingerprint density at radius 3 is 3.06 bits per heavy atom. The molecule has 0 unspecified atom stereocenters. The highest BCUT2D eigenvalue weighted by Crippen LogP contribution is 1.99. The highest BCUT2D eigenvalue weighted by molar-refractivity contribution is 4.97. The van der Waals surface area contributed by atoms with Gasteiger partial charge in [0.05, 0.1) is 6.54 Å². The Kier molecular flexibility index (Phi) is 3.71. The predicted molar refractivity (Wildman–Crippen MR) is 61.6 cm³/mol. The molecule has 0 aliphatic heterocycles. The maximum Gasteiger partial charge on any atom is 0.122 e. The molecule has 0 amide bonds. The molecule has 0 spiro atoms. The summed E-state index contributed by atoms with van der Waals surface area (Å²) in [7, 11) is 0. The van der Waals surface area contributed by atoms with Crippen molar-refractivity contribution < 1.29 is 0 Å². The Morgan fingerprint density at radius 2 is 2.31 bits per heavy atom. The number of hydrogen-bond acceptors (Lipinski definition) is 3. The molecule has 16 heavy (non-hydrogen) atoms. The third-order valence-corrected chi connectivity index (χ3v) is 2.42. The van der Waals surface area contributed by atoms with Crippen molar-refractivity contribution in [2.24, 2.45) is 0 Å². The Bertz CT molecular complexity index is 404. The van der Waals surface area contributed by atoms with E-state index in [9.17, 15) is 0 Å². The summed E-state index contributed by atoms with van der Waals surface area (Å²) in [6.45, 7) is 4.77. The van der Waals surface area contributed by atoms with E-state index in [4.69, 9.17) is 0 Å². The number of H-pyrrole nitrogens is 1. The molecule has 0 aromatic carbocycles. The van der Waals surface area contributed by atoms with Crippen molar-refractivity contribution >= 4 is 0 Å². The lowest BCUT2D eigenvalue weighted by molar-refractivity contribution is 0.584. The van der Waals surface area contributed by atoms with E-state index in [2.05, 4.69) is 32.0 Å². The van der Waals surface area contributed by atoms with Gasteiger partial charge in [-0.25, -0.2) is 4.98 Å². The summed E-state index contributed by atoms with van der Waals surface area (Å²) in [4.78, 5) is 4.33. The van der Waals surface area contributed by atoms with E-state index < -0.39 is 0 Å². The molecule has 0 bridgehead atoms. The van der Waals surface area contributed by atoms with E-state index in [0.717, 1.165) is 37.6 Å². The number of nitrogens with one attached hydrogen (secondary N) is 2. The first-order chi connectivity index (χ1) is 7.90. The van der Waals surface area contributed by atoms with Gasteiger partial charge in [-0.3, -0.25) is 5.10 Å². The van der Waals surface area contributed by atoms with Gasteiger partial charge in [-0.15, -0.1) is 0 Å². The largest absolute Gasteiger partial charge is 0.334 e. The molecule has 5 heteroatoms. The number of aromatic amines is 1. The fourth-order valence-corrected chi connectivity index (χ4v) is 1.64. The zero-order chi connectivity index (χ0) is 11.2. The van der Waals surface area contributed by atoms with Gasteiger partial charge in [0.2, 0.25) is 0 Å². The SMILES string of the molecule is CCCn1ccnc1CNCc1ccn[nH]1. The molecular formula is C11H17N5. The fourth-order valence-electron chi connectivity index (χ4n) is 1.64. The van der Waals surface area contributed by atoms with E-state index in [-0.39, 0.29) is 0 Å². The van der Waals surface area contributed by atoms with Crippen molar-refractivity contribution in [1.82, 2.24) is 25.1 Å². The topological polar surface area (TPSA) is 58.5 Å². The smallest absolute Gasteiger partial charge is 0.122 e. The second kappa shape index (κ2) is 5.46. The van der Waals surface area contributed by atoms with Gasteiger partial charge in [0, 0.05) is 37.4 Å². The minimum absolute atomic E-state index is 0.784. The normalized spacial score (nSPS) is 10.8. The monoisotopic (exact) mass is 219 g/mol. The molecule has 2 N–H and O–H groups in total. The average molecular weight is 219 g/mol.